The van der Waals surface area contributed by atoms with Crippen LogP contribution in [0.4, 0.5) is 4.79 Å². The Balaban J connectivity index is 1.13. The Hall–Kier alpha value is -1.75. The number of carbonyl (C=O) groups is 1. The summed E-state index contributed by atoms with van der Waals surface area (Å²) in [5, 5.41) is 0. The largest absolute Gasteiger partial charge is 0.472 e. The van der Waals surface area contributed by atoms with Gasteiger partial charge in [0.1, 0.15) is 6.61 Å². The number of fused-ring (bicyclic) bond motifs is 4. The van der Waals surface area contributed by atoms with Crippen LogP contribution < -0.4 is 0 Å². The fraction of sp³-hybridized carbons (Fsp3) is 0.774. The Kier molecular flexibility index (Phi) is 6.29. The molecule has 0 radical (unpaired) electrons. The van der Waals surface area contributed by atoms with E-state index >= 15 is 0 Å². The molecule has 6 rings (SSSR count). The summed E-state index contributed by atoms with van der Waals surface area (Å²) < 4.78 is 10.6. The summed E-state index contributed by atoms with van der Waals surface area (Å²) >= 11 is 0. The van der Waals surface area contributed by atoms with Crippen molar-refractivity contribution in [2.24, 2.45) is 40.4 Å². The normalized spacial score (nSPS) is 41.6. The second kappa shape index (κ2) is 9.22. The number of allylic oxidation sites excluding steroid dienone is 2. The van der Waals surface area contributed by atoms with Crippen LogP contribution in [-0.2, 0) is 11.3 Å². The number of hydrogen-bond acceptors (Lipinski definition) is 4. The van der Waals surface area contributed by atoms with Gasteiger partial charge in [-0.05, 0) is 118 Å². The lowest BCUT2D eigenvalue weighted by atomic mass is 9.45. The van der Waals surface area contributed by atoms with Crippen LogP contribution in [0.3, 0.4) is 0 Å². The molecule has 4 fully saturated rings. The molecule has 1 saturated heterocycles. The van der Waals surface area contributed by atoms with Gasteiger partial charge in [-0.3, -0.25) is 0 Å². The molecule has 1 aliphatic heterocycles. The van der Waals surface area contributed by atoms with Gasteiger partial charge in [-0.1, -0.05) is 18.6 Å². The third kappa shape index (κ3) is 3.70. The molecule has 0 aromatic carbocycles. The van der Waals surface area contributed by atoms with E-state index in [0.717, 1.165) is 48.2 Å². The van der Waals surface area contributed by atoms with E-state index in [1.54, 1.807) is 23.0 Å². The third-order valence-electron chi connectivity index (χ3n) is 12.0. The minimum atomic E-state index is -0.231. The Morgan fingerprint density at radius 1 is 1.19 bits per heavy atom. The molecule has 36 heavy (non-hydrogen) atoms. The van der Waals surface area contributed by atoms with Crippen LogP contribution in [0.15, 0.2) is 34.7 Å². The molecule has 2 unspecified atom stereocenters. The molecular weight excluding hydrogens is 448 g/mol. The highest BCUT2D eigenvalue weighted by Crippen LogP contribution is 2.69. The van der Waals surface area contributed by atoms with Gasteiger partial charge in [0.2, 0.25) is 0 Å². The number of rotatable bonds is 5. The van der Waals surface area contributed by atoms with Crippen LogP contribution in [0, 0.1) is 40.4 Å². The van der Waals surface area contributed by atoms with Crippen LogP contribution in [0.25, 0.3) is 0 Å². The van der Waals surface area contributed by atoms with Gasteiger partial charge in [-0.25, -0.2) is 4.79 Å². The van der Waals surface area contributed by atoms with Gasteiger partial charge in [0.15, 0.2) is 0 Å². The summed E-state index contributed by atoms with van der Waals surface area (Å²) in [6.45, 7) is 7.35. The van der Waals surface area contributed by atoms with Crippen molar-refractivity contribution in [1.82, 2.24) is 9.80 Å². The van der Waals surface area contributed by atoms with Gasteiger partial charge in [-0.15, -0.1) is 0 Å². The molecule has 1 amide bonds. The molecular formula is C31H46N2O3. The molecule has 0 N–H and O–H groups in total. The van der Waals surface area contributed by atoms with Crippen LogP contribution in [-0.4, -0.2) is 49.1 Å². The number of nitrogens with zero attached hydrogens (tertiary/aromatic N) is 2. The van der Waals surface area contributed by atoms with Crippen molar-refractivity contribution in [3.63, 3.8) is 0 Å². The lowest BCUT2D eigenvalue weighted by molar-refractivity contribution is -0.0507. The molecule has 2 heterocycles. The van der Waals surface area contributed by atoms with Crippen LogP contribution in [0.2, 0.25) is 0 Å². The smallest absolute Gasteiger partial charge is 0.409 e. The number of likely N-dealkylation sites (tertiary alicyclic amines) is 1. The van der Waals surface area contributed by atoms with E-state index in [0.29, 0.717) is 16.7 Å². The standard InChI is InChI=1S/C31H46N2O3/c1-5-30-13-10-22(17-32(3)29(34)36-19-23-12-15-35-18-23)16-24(30)6-7-25-27-9-8-26-21(2)33(4)20-31(26,27)14-11-28(25)30/h6,12,15,18,21-22,25-28H,5,7-11,13-14,16-17,19-20H2,1-4H3/t21-,22?,25-,26+,27-,28-,30-,31?/m0/s1. The summed E-state index contributed by atoms with van der Waals surface area (Å²) in [4.78, 5) is 17.1. The minimum absolute atomic E-state index is 0.231. The van der Waals surface area contributed by atoms with Gasteiger partial charge < -0.3 is 19.0 Å². The minimum Gasteiger partial charge on any atom is -0.472 e. The summed E-state index contributed by atoms with van der Waals surface area (Å²) in [6.07, 6.45) is 17.8. The fourth-order valence-electron chi connectivity index (χ4n) is 10.2. The molecule has 1 aromatic rings. The van der Waals surface area contributed by atoms with Crippen molar-refractivity contribution < 1.29 is 13.9 Å². The highest BCUT2D eigenvalue weighted by Gasteiger charge is 2.64. The van der Waals surface area contributed by atoms with E-state index in [2.05, 4.69) is 31.9 Å². The van der Waals surface area contributed by atoms with E-state index in [1.807, 2.05) is 13.1 Å². The van der Waals surface area contributed by atoms with Gasteiger partial charge in [0, 0.05) is 31.7 Å². The maximum absolute atomic E-state index is 12.6. The number of carbonyl (C=O) groups excluding carboxylic acids is 1. The Labute approximate surface area is 217 Å². The first-order chi connectivity index (χ1) is 17.4. The Morgan fingerprint density at radius 3 is 2.81 bits per heavy atom. The summed E-state index contributed by atoms with van der Waals surface area (Å²) in [6, 6.07) is 2.60. The predicted molar refractivity (Wildman–Crippen MR) is 141 cm³/mol. The first-order valence-corrected chi connectivity index (χ1v) is 14.7. The number of ether oxygens (including phenoxy) is 1. The molecule has 5 aliphatic rings. The van der Waals surface area contributed by atoms with Crippen molar-refractivity contribution in [3.8, 4) is 0 Å². The maximum atomic E-state index is 12.6. The predicted octanol–water partition coefficient (Wildman–Crippen LogP) is 6.75. The molecule has 3 saturated carbocycles. The van der Waals surface area contributed by atoms with Crippen molar-refractivity contribution >= 4 is 6.09 Å². The summed E-state index contributed by atoms with van der Waals surface area (Å²) in [7, 11) is 4.26. The van der Waals surface area contributed by atoms with E-state index in [1.165, 1.54) is 57.9 Å². The lowest BCUT2D eigenvalue weighted by Gasteiger charge is -2.59. The van der Waals surface area contributed by atoms with Crippen LogP contribution >= 0.6 is 0 Å². The van der Waals surface area contributed by atoms with Gasteiger partial charge in [0.05, 0.1) is 12.5 Å². The van der Waals surface area contributed by atoms with Crippen LogP contribution in [0.1, 0.15) is 77.2 Å². The van der Waals surface area contributed by atoms with Crippen molar-refractivity contribution in [2.75, 3.05) is 27.2 Å². The number of hydrogen-bond donors (Lipinski definition) is 0. The van der Waals surface area contributed by atoms with Crippen molar-refractivity contribution in [2.45, 2.75) is 84.3 Å². The van der Waals surface area contributed by atoms with E-state index in [4.69, 9.17) is 9.15 Å². The SMILES string of the molecule is CC[C@]12CCC(CN(C)C(=O)OCc3ccoc3)CC1=CC[C@H]1[C@@H]3CC[C@@H]4[C@H](C)N(C)CC43CC[C@@H]12. The number of furan rings is 1. The second-order valence-electron chi connectivity index (χ2n) is 13.1. The zero-order valence-electron chi connectivity index (χ0n) is 22.9. The molecule has 5 heteroatoms. The zero-order valence-corrected chi connectivity index (χ0v) is 22.9. The fourth-order valence-corrected chi connectivity index (χ4v) is 10.2. The van der Waals surface area contributed by atoms with E-state index < -0.39 is 0 Å². The molecule has 4 aliphatic carbocycles. The van der Waals surface area contributed by atoms with Crippen molar-refractivity contribution in [3.05, 3.63) is 35.8 Å². The molecule has 1 aromatic heterocycles. The monoisotopic (exact) mass is 494 g/mol. The van der Waals surface area contributed by atoms with E-state index in [9.17, 15) is 4.79 Å². The summed E-state index contributed by atoms with van der Waals surface area (Å²) in [5.41, 5.74) is 3.65. The first kappa shape index (κ1) is 24.6. The maximum Gasteiger partial charge on any atom is 0.409 e. The van der Waals surface area contributed by atoms with Gasteiger partial charge in [0.25, 0.3) is 0 Å². The highest BCUT2D eigenvalue weighted by molar-refractivity contribution is 5.67. The number of amides is 1. The average Bonchev–Trinajstić information content (AvgIpc) is 3.59. The second-order valence-corrected chi connectivity index (χ2v) is 13.1. The highest BCUT2D eigenvalue weighted by atomic mass is 16.6. The molecule has 8 atom stereocenters. The molecule has 1 spiro atoms. The summed E-state index contributed by atoms with van der Waals surface area (Å²) in [5.74, 6) is 4.16. The molecule has 198 valence electrons. The first-order valence-electron chi connectivity index (χ1n) is 14.7. The Bertz CT molecular complexity index is 988. The lowest BCUT2D eigenvalue weighted by Crippen LogP contribution is -2.52. The molecule has 0 bridgehead atoms. The molecule has 5 nitrogen and oxygen atoms in total. The Morgan fingerprint density at radius 2 is 2.03 bits per heavy atom. The zero-order chi connectivity index (χ0) is 25.1. The van der Waals surface area contributed by atoms with Gasteiger partial charge in [-0.2, -0.15) is 0 Å². The average molecular weight is 495 g/mol. The van der Waals surface area contributed by atoms with Crippen LogP contribution in [0.5, 0.6) is 0 Å². The van der Waals surface area contributed by atoms with E-state index in [-0.39, 0.29) is 12.7 Å². The van der Waals surface area contributed by atoms with Crippen molar-refractivity contribution in [1.29, 1.82) is 0 Å². The third-order valence-corrected chi connectivity index (χ3v) is 12.0. The van der Waals surface area contributed by atoms with Gasteiger partial charge >= 0.3 is 6.09 Å². The topological polar surface area (TPSA) is 45.9 Å². The quantitative estimate of drug-likeness (QED) is 0.425.